The fraction of sp³-hybridized carbons (Fsp3) is 0.318. The minimum atomic E-state index is -0.270. The second-order valence-electron chi connectivity index (χ2n) is 7.97. The summed E-state index contributed by atoms with van der Waals surface area (Å²) in [4.78, 5) is 31.9. The molecule has 2 aromatic heterocycles. The van der Waals surface area contributed by atoms with Crippen molar-refractivity contribution in [2.45, 2.75) is 19.9 Å². The molecular weight excluding hydrogens is 380 g/mol. The number of carbonyl (C=O) groups excluding carboxylic acids is 2. The van der Waals surface area contributed by atoms with Gasteiger partial charge in [-0.25, -0.2) is 4.98 Å². The van der Waals surface area contributed by atoms with Crippen LogP contribution in [0.25, 0.3) is 0 Å². The predicted molar refractivity (Wildman–Crippen MR) is 110 cm³/mol. The van der Waals surface area contributed by atoms with Crippen molar-refractivity contribution in [3.8, 4) is 0 Å². The first kappa shape index (κ1) is 18.5. The van der Waals surface area contributed by atoms with Crippen molar-refractivity contribution in [2.75, 3.05) is 18.4 Å². The quantitative estimate of drug-likeness (QED) is 0.725. The standard InChI is InChI=1S/C22H22N6O2/c1-14-6-5-9-18(23-14)22(30)27-11-15-10-19-25-26-20(28(19)13-16(15)12-27)21(29)24-17-7-3-2-4-8-17/h2-9,15-16H,10-13H2,1H3,(H,24,29)/t15-,16-/m0/s1. The Morgan fingerprint density at radius 2 is 1.77 bits per heavy atom. The topological polar surface area (TPSA) is 93.0 Å². The maximum Gasteiger partial charge on any atom is 0.293 e. The van der Waals surface area contributed by atoms with E-state index in [0.29, 0.717) is 43.5 Å². The molecule has 2 aliphatic heterocycles. The number of nitrogens with one attached hydrogen (secondary N) is 1. The number of likely N-dealkylation sites (tertiary alicyclic amines) is 1. The summed E-state index contributed by atoms with van der Waals surface area (Å²) in [6, 6.07) is 14.8. The Hall–Kier alpha value is -3.55. The monoisotopic (exact) mass is 402 g/mol. The number of para-hydroxylation sites is 1. The van der Waals surface area contributed by atoms with Gasteiger partial charge in [0.15, 0.2) is 0 Å². The molecule has 2 atom stereocenters. The number of rotatable bonds is 3. The molecule has 30 heavy (non-hydrogen) atoms. The van der Waals surface area contributed by atoms with E-state index in [2.05, 4.69) is 20.5 Å². The van der Waals surface area contributed by atoms with Crippen molar-refractivity contribution in [3.63, 3.8) is 0 Å². The maximum absolute atomic E-state index is 12.9. The molecule has 4 heterocycles. The number of fused-ring (bicyclic) bond motifs is 2. The fourth-order valence-electron chi connectivity index (χ4n) is 4.39. The third kappa shape index (κ3) is 3.34. The van der Waals surface area contributed by atoms with Crippen LogP contribution >= 0.6 is 0 Å². The van der Waals surface area contributed by atoms with Crippen LogP contribution in [0, 0.1) is 18.8 Å². The highest BCUT2D eigenvalue weighted by Gasteiger charge is 2.41. The number of pyridine rings is 1. The minimum Gasteiger partial charge on any atom is -0.337 e. The molecule has 8 nitrogen and oxygen atoms in total. The Kier molecular flexibility index (Phi) is 4.54. The summed E-state index contributed by atoms with van der Waals surface area (Å²) >= 11 is 0. The van der Waals surface area contributed by atoms with Crippen molar-refractivity contribution >= 4 is 17.5 Å². The highest BCUT2D eigenvalue weighted by Crippen LogP contribution is 2.33. The summed E-state index contributed by atoms with van der Waals surface area (Å²) in [7, 11) is 0. The number of anilines is 1. The zero-order valence-corrected chi connectivity index (χ0v) is 16.7. The maximum atomic E-state index is 12.9. The molecular formula is C22H22N6O2. The third-order valence-corrected chi connectivity index (χ3v) is 5.90. The Labute approximate surface area is 173 Å². The van der Waals surface area contributed by atoms with Gasteiger partial charge in [-0.2, -0.15) is 0 Å². The van der Waals surface area contributed by atoms with Crippen LogP contribution in [0.1, 0.15) is 32.6 Å². The smallest absolute Gasteiger partial charge is 0.293 e. The molecule has 0 unspecified atom stereocenters. The number of hydrogen-bond acceptors (Lipinski definition) is 5. The lowest BCUT2D eigenvalue weighted by atomic mass is 9.89. The average Bonchev–Trinajstić information content (AvgIpc) is 3.35. The van der Waals surface area contributed by atoms with Crippen molar-refractivity contribution in [1.29, 1.82) is 0 Å². The molecule has 2 aliphatic rings. The van der Waals surface area contributed by atoms with Crippen molar-refractivity contribution < 1.29 is 9.59 Å². The molecule has 152 valence electrons. The second kappa shape index (κ2) is 7.37. The molecule has 1 fully saturated rings. The van der Waals surface area contributed by atoms with E-state index >= 15 is 0 Å². The van der Waals surface area contributed by atoms with Gasteiger partial charge in [0.2, 0.25) is 5.82 Å². The Balaban J connectivity index is 1.31. The molecule has 3 aromatic rings. The number of nitrogens with zero attached hydrogens (tertiary/aromatic N) is 5. The fourth-order valence-corrected chi connectivity index (χ4v) is 4.39. The van der Waals surface area contributed by atoms with E-state index in [9.17, 15) is 9.59 Å². The van der Waals surface area contributed by atoms with E-state index in [1.165, 1.54) is 0 Å². The predicted octanol–water partition coefficient (Wildman–Crippen LogP) is 2.18. The lowest BCUT2D eigenvalue weighted by molar-refractivity contribution is 0.0777. The summed E-state index contributed by atoms with van der Waals surface area (Å²) in [6.07, 6.45) is 0.710. The number of aromatic nitrogens is 4. The molecule has 1 aromatic carbocycles. The summed E-state index contributed by atoms with van der Waals surface area (Å²) in [5.74, 6) is 1.40. The van der Waals surface area contributed by atoms with Gasteiger partial charge >= 0.3 is 0 Å². The first-order valence-electron chi connectivity index (χ1n) is 10.1. The van der Waals surface area contributed by atoms with Crippen LogP contribution in [0.5, 0.6) is 0 Å². The SMILES string of the molecule is Cc1cccc(C(=O)N2C[C@@H]3Cc4nnc(C(=O)Nc5ccccc5)n4C[C@@H]3C2)n1. The van der Waals surface area contributed by atoms with Crippen LogP contribution in [0.3, 0.4) is 0 Å². The summed E-state index contributed by atoms with van der Waals surface area (Å²) in [5.41, 5.74) is 2.03. The van der Waals surface area contributed by atoms with Crippen molar-refractivity contribution in [3.05, 3.63) is 71.6 Å². The number of carbonyl (C=O) groups is 2. The van der Waals surface area contributed by atoms with Gasteiger partial charge in [-0.1, -0.05) is 24.3 Å². The summed E-state index contributed by atoms with van der Waals surface area (Å²) in [6.45, 7) is 3.85. The number of hydrogen-bond donors (Lipinski definition) is 1. The molecule has 0 radical (unpaired) electrons. The largest absolute Gasteiger partial charge is 0.337 e. The molecule has 8 heteroatoms. The first-order chi connectivity index (χ1) is 14.6. The van der Waals surface area contributed by atoms with Crippen LogP contribution < -0.4 is 5.32 Å². The highest BCUT2D eigenvalue weighted by atomic mass is 16.2. The second-order valence-corrected chi connectivity index (χ2v) is 7.97. The van der Waals surface area contributed by atoms with Gasteiger partial charge in [0.05, 0.1) is 0 Å². The van der Waals surface area contributed by atoms with E-state index in [4.69, 9.17) is 0 Å². The van der Waals surface area contributed by atoms with Gasteiger partial charge in [0.1, 0.15) is 11.5 Å². The normalized spacial score (nSPS) is 19.8. The molecule has 1 N–H and O–H groups in total. The zero-order chi connectivity index (χ0) is 20.7. The van der Waals surface area contributed by atoms with Crippen molar-refractivity contribution in [1.82, 2.24) is 24.6 Å². The van der Waals surface area contributed by atoms with Crippen LogP contribution in [0.15, 0.2) is 48.5 Å². The molecule has 5 rings (SSSR count). The van der Waals surface area contributed by atoms with E-state index in [0.717, 1.165) is 17.2 Å². The Bertz CT molecular complexity index is 1110. The van der Waals surface area contributed by atoms with E-state index in [1.807, 2.05) is 58.9 Å². The molecule has 0 bridgehead atoms. The number of benzene rings is 1. The Morgan fingerprint density at radius 3 is 2.57 bits per heavy atom. The van der Waals surface area contributed by atoms with Gasteiger partial charge in [-0.05, 0) is 43.0 Å². The summed E-state index contributed by atoms with van der Waals surface area (Å²) < 4.78 is 1.90. The van der Waals surface area contributed by atoms with Gasteiger partial charge < -0.3 is 14.8 Å². The van der Waals surface area contributed by atoms with Crippen LogP contribution in [-0.2, 0) is 13.0 Å². The van der Waals surface area contributed by atoms with Crippen LogP contribution in [0.2, 0.25) is 0 Å². The molecule has 2 amide bonds. The molecule has 0 spiro atoms. The van der Waals surface area contributed by atoms with Gasteiger partial charge in [-0.3, -0.25) is 9.59 Å². The van der Waals surface area contributed by atoms with Gasteiger partial charge in [0, 0.05) is 37.4 Å². The van der Waals surface area contributed by atoms with Gasteiger partial charge in [0.25, 0.3) is 11.8 Å². The van der Waals surface area contributed by atoms with E-state index in [-0.39, 0.29) is 17.7 Å². The van der Waals surface area contributed by atoms with Crippen LogP contribution in [0.4, 0.5) is 5.69 Å². The zero-order valence-electron chi connectivity index (χ0n) is 16.7. The lowest BCUT2D eigenvalue weighted by Crippen LogP contribution is -2.31. The third-order valence-electron chi connectivity index (χ3n) is 5.90. The number of aryl methyl sites for hydroxylation is 1. The summed E-state index contributed by atoms with van der Waals surface area (Å²) in [5, 5.41) is 11.3. The molecule has 0 saturated carbocycles. The number of amides is 2. The van der Waals surface area contributed by atoms with E-state index < -0.39 is 0 Å². The molecule has 1 saturated heterocycles. The minimum absolute atomic E-state index is 0.0362. The van der Waals surface area contributed by atoms with Crippen molar-refractivity contribution in [2.24, 2.45) is 11.8 Å². The highest BCUT2D eigenvalue weighted by molar-refractivity contribution is 6.01. The first-order valence-corrected chi connectivity index (χ1v) is 10.1. The molecule has 0 aliphatic carbocycles. The lowest BCUT2D eigenvalue weighted by Gasteiger charge is -2.25. The van der Waals surface area contributed by atoms with E-state index in [1.54, 1.807) is 6.07 Å². The Morgan fingerprint density at radius 1 is 0.967 bits per heavy atom. The average molecular weight is 402 g/mol. The van der Waals surface area contributed by atoms with Crippen LogP contribution in [-0.4, -0.2) is 49.6 Å². The van der Waals surface area contributed by atoms with Gasteiger partial charge in [-0.15, -0.1) is 10.2 Å².